The molecular weight excluding hydrogens is 462 g/mol. The molecule has 2 amide bonds. The van der Waals surface area contributed by atoms with E-state index in [2.05, 4.69) is 5.32 Å². The SMILES string of the molecule is CCCNC(=O)[C@@H](C)N(Cc1ccccc1C)C(=O)CN(c1ccc(C)c(Cl)c1)S(C)(=O)=O. The van der Waals surface area contributed by atoms with Crippen molar-refractivity contribution >= 4 is 39.1 Å². The third-order valence-corrected chi connectivity index (χ3v) is 6.99. The quantitative estimate of drug-likeness (QED) is 0.547. The fraction of sp³-hybridized carbons (Fsp3) is 0.417. The van der Waals surface area contributed by atoms with Crippen molar-refractivity contribution in [2.75, 3.05) is 23.7 Å². The number of nitrogens with one attached hydrogen (secondary N) is 1. The van der Waals surface area contributed by atoms with E-state index in [1.54, 1.807) is 19.1 Å². The van der Waals surface area contributed by atoms with Crippen LogP contribution in [0.25, 0.3) is 0 Å². The molecule has 9 heteroatoms. The molecule has 180 valence electrons. The minimum Gasteiger partial charge on any atom is -0.354 e. The van der Waals surface area contributed by atoms with Crippen molar-refractivity contribution < 1.29 is 18.0 Å². The van der Waals surface area contributed by atoms with E-state index in [0.717, 1.165) is 33.7 Å². The van der Waals surface area contributed by atoms with Gasteiger partial charge in [-0.25, -0.2) is 8.42 Å². The second kappa shape index (κ2) is 11.5. The molecule has 2 rings (SSSR count). The summed E-state index contributed by atoms with van der Waals surface area (Å²) in [6, 6.07) is 11.6. The van der Waals surface area contributed by atoms with Crippen LogP contribution < -0.4 is 9.62 Å². The number of hydrogen-bond donors (Lipinski definition) is 1. The van der Waals surface area contributed by atoms with Gasteiger partial charge >= 0.3 is 0 Å². The van der Waals surface area contributed by atoms with Gasteiger partial charge in [-0.05, 0) is 56.0 Å². The van der Waals surface area contributed by atoms with Gasteiger partial charge in [0, 0.05) is 18.1 Å². The van der Waals surface area contributed by atoms with E-state index in [4.69, 9.17) is 11.6 Å². The number of carbonyl (C=O) groups excluding carboxylic acids is 2. The summed E-state index contributed by atoms with van der Waals surface area (Å²) in [6.07, 6.45) is 1.80. The smallest absolute Gasteiger partial charge is 0.244 e. The predicted octanol–water partition coefficient (Wildman–Crippen LogP) is 3.67. The van der Waals surface area contributed by atoms with Crippen molar-refractivity contribution in [3.63, 3.8) is 0 Å². The number of sulfonamides is 1. The zero-order valence-electron chi connectivity index (χ0n) is 19.8. The molecule has 0 spiro atoms. The lowest BCUT2D eigenvalue weighted by molar-refractivity contribution is -0.139. The zero-order valence-corrected chi connectivity index (χ0v) is 21.3. The molecule has 0 aromatic heterocycles. The molecular formula is C24H32ClN3O4S. The fourth-order valence-electron chi connectivity index (χ4n) is 3.30. The van der Waals surface area contributed by atoms with Gasteiger partial charge in [-0.15, -0.1) is 0 Å². The van der Waals surface area contributed by atoms with E-state index in [1.807, 2.05) is 45.0 Å². The highest BCUT2D eigenvalue weighted by Gasteiger charge is 2.30. The maximum atomic E-state index is 13.5. The van der Waals surface area contributed by atoms with Crippen LogP contribution in [0.5, 0.6) is 0 Å². The van der Waals surface area contributed by atoms with Crippen LogP contribution >= 0.6 is 11.6 Å². The topological polar surface area (TPSA) is 86.8 Å². The third kappa shape index (κ3) is 7.20. The number of benzene rings is 2. The highest BCUT2D eigenvalue weighted by molar-refractivity contribution is 7.92. The molecule has 0 aliphatic heterocycles. The maximum Gasteiger partial charge on any atom is 0.244 e. The standard InChI is InChI=1S/C24H32ClN3O4S/c1-6-13-26-24(30)19(4)27(15-20-10-8-7-9-17(20)2)23(29)16-28(33(5,31)32)21-12-11-18(3)22(25)14-21/h7-12,14,19H,6,13,15-16H2,1-5H3,(H,26,30)/t19-/m1/s1. The lowest BCUT2D eigenvalue weighted by atomic mass is 10.1. The highest BCUT2D eigenvalue weighted by Crippen LogP contribution is 2.25. The lowest BCUT2D eigenvalue weighted by Crippen LogP contribution is -2.51. The van der Waals surface area contributed by atoms with Crippen LogP contribution in [0, 0.1) is 13.8 Å². The minimum absolute atomic E-state index is 0.179. The molecule has 0 unspecified atom stereocenters. The van der Waals surface area contributed by atoms with Gasteiger partial charge in [0.05, 0.1) is 11.9 Å². The Morgan fingerprint density at radius 1 is 1.09 bits per heavy atom. The fourth-order valence-corrected chi connectivity index (χ4v) is 4.32. The Labute approximate surface area is 201 Å². The van der Waals surface area contributed by atoms with E-state index in [0.29, 0.717) is 17.3 Å². The van der Waals surface area contributed by atoms with Crippen LogP contribution in [0.1, 0.15) is 37.0 Å². The molecule has 1 atom stereocenters. The highest BCUT2D eigenvalue weighted by atomic mass is 35.5. The molecule has 0 bridgehead atoms. The Balaban J connectivity index is 2.40. The number of aryl methyl sites for hydroxylation is 2. The first-order valence-electron chi connectivity index (χ1n) is 10.8. The zero-order chi connectivity index (χ0) is 24.8. The van der Waals surface area contributed by atoms with Crippen molar-refractivity contribution in [1.82, 2.24) is 10.2 Å². The van der Waals surface area contributed by atoms with Gasteiger partial charge in [0.25, 0.3) is 0 Å². The van der Waals surface area contributed by atoms with Gasteiger partial charge in [-0.3, -0.25) is 13.9 Å². The monoisotopic (exact) mass is 493 g/mol. The predicted molar refractivity (Wildman–Crippen MR) is 133 cm³/mol. The van der Waals surface area contributed by atoms with Crippen LogP contribution in [0.3, 0.4) is 0 Å². The maximum absolute atomic E-state index is 13.5. The molecule has 0 radical (unpaired) electrons. The lowest BCUT2D eigenvalue weighted by Gasteiger charge is -2.32. The number of anilines is 1. The van der Waals surface area contributed by atoms with Gasteiger partial charge in [-0.2, -0.15) is 0 Å². The van der Waals surface area contributed by atoms with Crippen LogP contribution in [-0.4, -0.2) is 50.5 Å². The molecule has 0 aliphatic carbocycles. The van der Waals surface area contributed by atoms with Crippen molar-refractivity contribution in [1.29, 1.82) is 0 Å². The Kier molecular flexibility index (Phi) is 9.31. The van der Waals surface area contributed by atoms with Gasteiger partial charge < -0.3 is 10.2 Å². The van der Waals surface area contributed by atoms with Crippen LogP contribution in [0.2, 0.25) is 5.02 Å². The van der Waals surface area contributed by atoms with E-state index in [9.17, 15) is 18.0 Å². The first-order valence-corrected chi connectivity index (χ1v) is 13.0. The molecule has 2 aromatic carbocycles. The van der Waals surface area contributed by atoms with E-state index >= 15 is 0 Å². The van der Waals surface area contributed by atoms with E-state index in [-0.39, 0.29) is 12.5 Å². The minimum atomic E-state index is -3.79. The second-order valence-electron chi connectivity index (χ2n) is 8.12. The number of nitrogens with zero attached hydrogens (tertiary/aromatic N) is 2. The van der Waals surface area contributed by atoms with E-state index < -0.39 is 28.5 Å². The average molecular weight is 494 g/mol. The molecule has 2 aromatic rings. The number of rotatable bonds is 10. The summed E-state index contributed by atoms with van der Waals surface area (Å²) >= 11 is 6.20. The first-order chi connectivity index (χ1) is 15.5. The molecule has 1 N–H and O–H groups in total. The van der Waals surface area contributed by atoms with Gasteiger partial charge in [0.1, 0.15) is 12.6 Å². The normalized spacial score (nSPS) is 12.2. The summed E-state index contributed by atoms with van der Waals surface area (Å²) in [5.41, 5.74) is 2.94. The number of halogens is 1. The van der Waals surface area contributed by atoms with Crippen LogP contribution in [-0.2, 0) is 26.2 Å². The van der Waals surface area contributed by atoms with Crippen LogP contribution in [0.4, 0.5) is 5.69 Å². The Morgan fingerprint density at radius 3 is 2.33 bits per heavy atom. The second-order valence-corrected chi connectivity index (χ2v) is 10.4. The number of hydrogen-bond acceptors (Lipinski definition) is 4. The molecule has 0 saturated heterocycles. The molecule has 7 nitrogen and oxygen atoms in total. The molecule has 33 heavy (non-hydrogen) atoms. The summed E-state index contributed by atoms with van der Waals surface area (Å²) in [5, 5.41) is 3.22. The Bertz CT molecular complexity index is 1100. The Morgan fingerprint density at radius 2 is 1.76 bits per heavy atom. The van der Waals surface area contributed by atoms with Gasteiger partial charge in [0.2, 0.25) is 21.8 Å². The van der Waals surface area contributed by atoms with E-state index in [1.165, 1.54) is 11.0 Å². The summed E-state index contributed by atoms with van der Waals surface area (Å²) in [5.74, 6) is -0.775. The number of amides is 2. The molecule has 0 aliphatic rings. The first kappa shape index (κ1) is 26.7. The summed E-state index contributed by atoms with van der Waals surface area (Å²) in [6.45, 7) is 7.55. The summed E-state index contributed by atoms with van der Waals surface area (Å²) in [4.78, 5) is 27.6. The van der Waals surface area contributed by atoms with Crippen LogP contribution in [0.15, 0.2) is 42.5 Å². The van der Waals surface area contributed by atoms with Crippen molar-refractivity contribution in [2.24, 2.45) is 0 Å². The summed E-state index contributed by atoms with van der Waals surface area (Å²) in [7, 11) is -3.79. The van der Waals surface area contributed by atoms with Crippen molar-refractivity contribution in [3.05, 3.63) is 64.2 Å². The van der Waals surface area contributed by atoms with Gasteiger partial charge in [-0.1, -0.05) is 48.9 Å². The Hall–Kier alpha value is -2.58. The van der Waals surface area contributed by atoms with Crippen molar-refractivity contribution in [3.8, 4) is 0 Å². The average Bonchev–Trinajstić information content (AvgIpc) is 2.75. The molecule has 0 saturated carbocycles. The third-order valence-electron chi connectivity index (χ3n) is 5.44. The van der Waals surface area contributed by atoms with Crippen molar-refractivity contribution in [2.45, 2.75) is 46.7 Å². The molecule has 0 heterocycles. The number of carbonyl (C=O) groups is 2. The largest absolute Gasteiger partial charge is 0.354 e. The summed E-state index contributed by atoms with van der Waals surface area (Å²) < 4.78 is 26.2. The molecule has 0 fully saturated rings. The van der Waals surface area contributed by atoms with Gasteiger partial charge in [0.15, 0.2) is 0 Å².